The summed E-state index contributed by atoms with van der Waals surface area (Å²) >= 11 is 0. The molecule has 2 aromatic rings. The van der Waals surface area contributed by atoms with Crippen molar-refractivity contribution < 1.29 is 19.4 Å². The molecule has 0 radical (unpaired) electrons. The van der Waals surface area contributed by atoms with Gasteiger partial charge in [0.1, 0.15) is 11.3 Å². The maximum Gasteiger partial charge on any atom is 0.270 e. The van der Waals surface area contributed by atoms with Crippen LogP contribution in [0.5, 0.6) is 0 Å². The quantitative estimate of drug-likeness (QED) is 0.835. The SMILES string of the molecule is COCCn1c(C(=O)N2CCC(O)(C(N)=O)CC2)cc2ccccc21. The molecule has 0 aliphatic carbocycles. The number of amides is 2. The minimum absolute atomic E-state index is 0.112. The normalized spacial score (nSPS) is 17.0. The zero-order valence-corrected chi connectivity index (χ0v) is 14.3. The topological polar surface area (TPSA) is 97.8 Å². The summed E-state index contributed by atoms with van der Waals surface area (Å²) in [5, 5.41) is 11.2. The van der Waals surface area contributed by atoms with E-state index in [1.807, 2.05) is 34.9 Å². The fourth-order valence-electron chi connectivity index (χ4n) is 3.30. The minimum Gasteiger partial charge on any atom is -0.383 e. The highest BCUT2D eigenvalue weighted by Crippen LogP contribution is 2.25. The molecule has 0 bridgehead atoms. The molecule has 1 aliphatic heterocycles. The molecule has 134 valence electrons. The fraction of sp³-hybridized carbons (Fsp3) is 0.444. The van der Waals surface area contributed by atoms with E-state index in [0.29, 0.717) is 31.9 Å². The van der Waals surface area contributed by atoms with Gasteiger partial charge in [0.2, 0.25) is 5.91 Å². The zero-order chi connectivity index (χ0) is 18.0. The lowest BCUT2D eigenvalue weighted by Gasteiger charge is -2.36. The number of fused-ring (bicyclic) bond motifs is 1. The van der Waals surface area contributed by atoms with E-state index >= 15 is 0 Å². The van der Waals surface area contributed by atoms with Crippen LogP contribution < -0.4 is 5.73 Å². The van der Waals surface area contributed by atoms with Crippen LogP contribution in [0, 0.1) is 0 Å². The number of rotatable bonds is 5. The first-order valence-electron chi connectivity index (χ1n) is 8.35. The lowest BCUT2D eigenvalue weighted by atomic mass is 9.90. The number of nitrogens with zero attached hydrogens (tertiary/aromatic N) is 2. The van der Waals surface area contributed by atoms with Gasteiger partial charge in [-0.05, 0) is 12.1 Å². The second kappa shape index (κ2) is 6.85. The molecular formula is C18H23N3O4. The Bertz CT molecular complexity index is 791. The summed E-state index contributed by atoms with van der Waals surface area (Å²) < 4.78 is 7.12. The summed E-state index contributed by atoms with van der Waals surface area (Å²) in [5.41, 5.74) is 5.31. The predicted octanol–water partition coefficient (Wildman–Crippen LogP) is 0.740. The molecule has 3 rings (SSSR count). The molecule has 1 saturated heterocycles. The van der Waals surface area contributed by atoms with Gasteiger partial charge >= 0.3 is 0 Å². The van der Waals surface area contributed by atoms with Crippen molar-refractivity contribution in [3.05, 3.63) is 36.0 Å². The van der Waals surface area contributed by atoms with E-state index in [-0.39, 0.29) is 18.7 Å². The fourth-order valence-corrected chi connectivity index (χ4v) is 3.30. The number of aliphatic hydroxyl groups is 1. The van der Waals surface area contributed by atoms with Crippen molar-refractivity contribution in [1.29, 1.82) is 0 Å². The van der Waals surface area contributed by atoms with Crippen molar-refractivity contribution in [3.8, 4) is 0 Å². The van der Waals surface area contributed by atoms with Crippen LogP contribution in [0.1, 0.15) is 23.3 Å². The van der Waals surface area contributed by atoms with Crippen molar-refractivity contribution in [2.75, 3.05) is 26.8 Å². The third-order valence-corrected chi connectivity index (χ3v) is 4.89. The Labute approximate surface area is 146 Å². The van der Waals surface area contributed by atoms with Crippen LogP contribution >= 0.6 is 0 Å². The molecule has 1 aromatic heterocycles. The molecule has 2 amide bonds. The summed E-state index contributed by atoms with van der Waals surface area (Å²) in [6.07, 6.45) is 0.318. The Kier molecular flexibility index (Phi) is 4.78. The molecule has 7 heteroatoms. The molecular weight excluding hydrogens is 322 g/mol. The first kappa shape index (κ1) is 17.4. The molecule has 0 unspecified atom stereocenters. The number of ether oxygens (including phenoxy) is 1. The molecule has 2 heterocycles. The molecule has 1 aliphatic rings. The average Bonchev–Trinajstić information content (AvgIpc) is 2.98. The van der Waals surface area contributed by atoms with Crippen molar-refractivity contribution >= 4 is 22.7 Å². The lowest BCUT2D eigenvalue weighted by molar-refractivity contribution is -0.140. The Morgan fingerprint density at radius 1 is 1.28 bits per heavy atom. The van der Waals surface area contributed by atoms with Crippen molar-refractivity contribution in [1.82, 2.24) is 9.47 Å². The van der Waals surface area contributed by atoms with Gasteiger partial charge < -0.3 is 25.0 Å². The van der Waals surface area contributed by atoms with Gasteiger partial charge in [-0.1, -0.05) is 18.2 Å². The largest absolute Gasteiger partial charge is 0.383 e. The number of carbonyl (C=O) groups excluding carboxylic acids is 2. The number of hydrogen-bond acceptors (Lipinski definition) is 4. The van der Waals surface area contributed by atoms with Crippen LogP contribution in [0.3, 0.4) is 0 Å². The molecule has 25 heavy (non-hydrogen) atoms. The third-order valence-electron chi connectivity index (χ3n) is 4.89. The van der Waals surface area contributed by atoms with Gasteiger partial charge in [0.15, 0.2) is 0 Å². The summed E-state index contributed by atoms with van der Waals surface area (Å²) in [6.45, 7) is 1.67. The third kappa shape index (κ3) is 3.25. The van der Waals surface area contributed by atoms with Crippen LogP contribution in [0.25, 0.3) is 10.9 Å². The summed E-state index contributed by atoms with van der Waals surface area (Å²) in [4.78, 5) is 26.0. The Hall–Kier alpha value is -2.38. The van der Waals surface area contributed by atoms with Gasteiger partial charge in [-0.3, -0.25) is 9.59 Å². The van der Waals surface area contributed by atoms with E-state index < -0.39 is 11.5 Å². The Morgan fingerprint density at radius 2 is 1.96 bits per heavy atom. The van der Waals surface area contributed by atoms with E-state index in [1.165, 1.54) is 0 Å². The monoisotopic (exact) mass is 345 g/mol. The Morgan fingerprint density at radius 3 is 2.60 bits per heavy atom. The van der Waals surface area contributed by atoms with E-state index in [2.05, 4.69) is 0 Å². The van der Waals surface area contributed by atoms with Gasteiger partial charge in [0.05, 0.1) is 6.61 Å². The highest BCUT2D eigenvalue weighted by atomic mass is 16.5. The molecule has 0 saturated carbocycles. The van der Waals surface area contributed by atoms with Crippen molar-refractivity contribution in [2.45, 2.75) is 25.0 Å². The number of methoxy groups -OCH3 is 1. The first-order valence-corrected chi connectivity index (χ1v) is 8.35. The average molecular weight is 345 g/mol. The molecule has 1 fully saturated rings. The van der Waals surface area contributed by atoms with E-state index in [9.17, 15) is 14.7 Å². The lowest BCUT2D eigenvalue weighted by Crippen LogP contribution is -2.53. The molecule has 7 nitrogen and oxygen atoms in total. The number of aromatic nitrogens is 1. The predicted molar refractivity (Wildman–Crippen MR) is 93.1 cm³/mol. The number of likely N-dealkylation sites (tertiary alicyclic amines) is 1. The Balaban J connectivity index is 1.86. The minimum atomic E-state index is -1.51. The standard InChI is InChI=1S/C18H23N3O4/c1-25-11-10-21-14-5-3-2-4-13(14)12-15(21)16(22)20-8-6-18(24,7-9-20)17(19)23/h2-5,12,24H,6-11H2,1H3,(H2,19,23). The number of nitrogens with two attached hydrogens (primary N) is 1. The number of benzene rings is 1. The van der Waals surface area contributed by atoms with Gasteiger partial charge in [-0.15, -0.1) is 0 Å². The number of para-hydroxylation sites is 1. The van der Waals surface area contributed by atoms with E-state index in [0.717, 1.165) is 10.9 Å². The zero-order valence-electron chi connectivity index (χ0n) is 14.3. The number of hydrogen-bond donors (Lipinski definition) is 2. The smallest absolute Gasteiger partial charge is 0.270 e. The highest BCUT2D eigenvalue weighted by molar-refractivity contribution is 5.99. The van der Waals surface area contributed by atoms with Gasteiger partial charge in [0.25, 0.3) is 5.91 Å². The maximum atomic E-state index is 13.0. The van der Waals surface area contributed by atoms with Crippen LogP contribution in [0.15, 0.2) is 30.3 Å². The van der Waals surface area contributed by atoms with Crippen LogP contribution in [0.4, 0.5) is 0 Å². The summed E-state index contributed by atoms with van der Waals surface area (Å²) in [6, 6.07) is 9.70. The first-order chi connectivity index (χ1) is 12.0. The summed E-state index contributed by atoms with van der Waals surface area (Å²) in [5.74, 6) is -0.840. The van der Waals surface area contributed by atoms with E-state index in [4.69, 9.17) is 10.5 Å². The van der Waals surface area contributed by atoms with Crippen LogP contribution in [-0.2, 0) is 16.1 Å². The second-order valence-electron chi connectivity index (χ2n) is 6.42. The van der Waals surface area contributed by atoms with E-state index in [1.54, 1.807) is 12.0 Å². The van der Waals surface area contributed by atoms with Gasteiger partial charge in [0, 0.05) is 50.5 Å². The molecule has 0 atom stereocenters. The number of piperidine rings is 1. The van der Waals surface area contributed by atoms with Gasteiger partial charge in [-0.25, -0.2) is 0 Å². The molecule has 1 aromatic carbocycles. The second-order valence-corrected chi connectivity index (χ2v) is 6.42. The number of carbonyl (C=O) groups is 2. The van der Waals surface area contributed by atoms with Crippen molar-refractivity contribution in [2.24, 2.45) is 5.73 Å². The molecule has 3 N–H and O–H groups in total. The van der Waals surface area contributed by atoms with Crippen LogP contribution in [-0.4, -0.2) is 58.8 Å². The highest BCUT2D eigenvalue weighted by Gasteiger charge is 2.39. The van der Waals surface area contributed by atoms with Crippen molar-refractivity contribution in [3.63, 3.8) is 0 Å². The number of primary amides is 1. The van der Waals surface area contributed by atoms with Crippen LogP contribution in [0.2, 0.25) is 0 Å². The van der Waals surface area contributed by atoms with Gasteiger partial charge in [-0.2, -0.15) is 0 Å². The summed E-state index contributed by atoms with van der Waals surface area (Å²) in [7, 11) is 1.63. The maximum absolute atomic E-state index is 13.0. The molecule has 0 spiro atoms.